The fourth-order valence-electron chi connectivity index (χ4n) is 3.90. The Hall–Kier alpha value is -3.32. The molecular formula is C24H27N3O4. The van der Waals surface area contributed by atoms with Gasteiger partial charge in [-0.2, -0.15) is 5.10 Å². The van der Waals surface area contributed by atoms with Gasteiger partial charge in [-0.3, -0.25) is 4.79 Å². The lowest BCUT2D eigenvalue weighted by Crippen LogP contribution is -2.41. The molecule has 2 heterocycles. The number of amides is 1. The summed E-state index contributed by atoms with van der Waals surface area (Å²) in [6.07, 6.45) is 3.75. The molecule has 1 fully saturated rings. The van der Waals surface area contributed by atoms with Crippen LogP contribution in [-0.4, -0.2) is 61.1 Å². The van der Waals surface area contributed by atoms with E-state index < -0.39 is 0 Å². The largest absolute Gasteiger partial charge is 0.493 e. The van der Waals surface area contributed by atoms with Crippen LogP contribution in [0.3, 0.4) is 0 Å². The van der Waals surface area contributed by atoms with E-state index in [0.717, 1.165) is 29.7 Å². The molecule has 162 valence electrons. The molecule has 0 aliphatic carbocycles. The van der Waals surface area contributed by atoms with Crippen LogP contribution in [0.2, 0.25) is 0 Å². The first-order valence-electron chi connectivity index (χ1n) is 10.3. The fourth-order valence-corrected chi connectivity index (χ4v) is 3.90. The van der Waals surface area contributed by atoms with Crippen molar-refractivity contribution < 1.29 is 19.0 Å². The van der Waals surface area contributed by atoms with Crippen LogP contribution in [0, 0.1) is 0 Å². The number of piperidine rings is 1. The maximum atomic E-state index is 13.5. The number of likely N-dealkylation sites (tertiary alicyclic amines) is 1. The zero-order valence-electron chi connectivity index (χ0n) is 18.1. The molecule has 1 aromatic heterocycles. The number of aromatic nitrogens is 2. The molecule has 1 aliphatic rings. The Morgan fingerprint density at radius 3 is 2.32 bits per heavy atom. The van der Waals surface area contributed by atoms with E-state index in [2.05, 4.69) is 0 Å². The maximum Gasteiger partial charge on any atom is 0.275 e. The highest BCUT2D eigenvalue weighted by atomic mass is 16.5. The number of ether oxygens (including phenoxy) is 3. The molecule has 0 spiro atoms. The monoisotopic (exact) mass is 421 g/mol. The van der Waals surface area contributed by atoms with E-state index in [1.165, 1.54) is 0 Å². The predicted octanol–water partition coefficient (Wildman–Crippen LogP) is 3.81. The van der Waals surface area contributed by atoms with Crippen LogP contribution in [0.1, 0.15) is 23.3 Å². The van der Waals surface area contributed by atoms with Crippen molar-refractivity contribution >= 4 is 5.91 Å². The third-order valence-electron chi connectivity index (χ3n) is 5.69. The second kappa shape index (κ2) is 9.22. The van der Waals surface area contributed by atoms with Crippen LogP contribution < -0.4 is 9.47 Å². The summed E-state index contributed by atoms with van der Waals surface area (Å²) >= 11 is 0. The molecule has 7 nitrogen and oxygen atoms in total. The summed E-state index contributed by atoms with van der Waals surface area (Å²) < 4.78 is 18.0. The molecule has 7 heteroatoms. The van der Waals surface area contributed by atoms with Crippen LogP contribution in [-0.2, 0) is 4.74 Å². The number of benzene rings is 2. The van der Waals surface area contributed by atoms with E-state index in [9.17, 15) is 4.79 Å². The molecule has 3 aromatic rings. The number of methoxy groups -OCH3 is 3. The highest BCUT2D eigenvalue weighted by Crippen LogP contribution is 2.34. The average molecular weight is 421 g/mol. The van der Waals surface area contributed by atoms with E-state index in [1.807, 2.05) is 59.6 Å². The Balaban J connectivity index is 1.75. The predicted molar refractivity (Wildman–Crippen MR) is 118 cm³/mol. The zero-order valence-corrected chi connectivity index (χ0v) is 18.1. The number of nitrogens with zero attached hydrogens (tertiary/aromatic N) is 3. The summed E-state index contributed by atoms with van der Waals surface area (Å²) in [4.78, 5) is 15.3. The fraction of sp³-hybridized carbons (Fsp3) is 0.333. The number of hydrogen-bond donors (Lipinski definition) is 0. The van der Waals surface area contributed by atoms with Crippen molar-refractivity contribution in [2.45, 2.75) is 18.9 Å². The Morgan fingerprint density at radius 1 is 0.968 bits per heavy atom. The minimum atomic E-state index is -0.0750. The first-order valence-corrected chi connectivity index (χ1v) is 10.3. The smallest absolute Gasteiger partial charge is 0.275 e. The van der Waals surface area contributed by atoms with Crippen molar-refractivity contribution in [2.24, 2.45) is 0 Å². The third-order valence-corrected chi connectivity index (χ3v) is 5.69. The molecule has 1 aliphatic heterocycles. The number of rotatable bonds is 6. The van der Waals surface area contributed by atoms with Crippen molar-refractivity contribution in [1.29, 1.82) is 0 Å². The molecule has 1 saturated heterocycles. The van der Waals surface area contributed by atoms with E-state index in [-0.39, 0.29) is 12.0 Å². The Bertz CT molecular complexity index is 1040. The molecule has 1 amide bonds. The highest BCUT2D eigenvalue weighted by Gasteiger charge is 2.28. The second-order valence-electron chi connectivity index (χ2n) is 7.47. The minimum Gasteiger partial charge on any atom is -0.493 e. The van der Waals surface area contributed by atoms with Crippen molar-refractivity contribution in [2.75, 3.05) is 34.4 Å². The lowest BCUT2D eigenvalue weighted by Gasteiger charge is -2.31. The van der Waals surface area contributed by atoms with Gasteiger partial charge in [-0.25, -0.2) is 4.68 Å². The van der Waals surface area contributed by atoms with Gasteiger partial charge in [-0.05, 0) is 42.7 Å². The molecule has 0 bridgehead atoms. The molecule has 2 aromatic carbocycles. The summed E-state index contributed by atoms with van der Waals surface area (Å²) in [5.74, 6) is 1.16. The van der Waals surface area contributed by atoms with Crippen LogP contribution in [0.15, 0.2) is 54.7 Å². The second-order valence-corrected chi connectivity index (χ2v) is 7.47. The normalized spacial score (nSPS) is 14.5. The van der Waals surface area contributed by atoms with Crippen molar-refractivity contribution in [3.8, 4) is 28.3 Å². The van der Waals surface area contributed by atoms with E-state index in [4.69, 9.17) is 19.3 Å². The molecule has 31 heavy (non-hydrogen) atoms. The van der Waals surface area contributed by atoms with Gasteiger partial charge in [0.15, 0.2) is 17.2 Å². The molecule has 0 atom stereocenters. The van der Waals surface area contributed by atoms with Gasteiger partial charge in [0.05, 0.1) is 26.0 Å². The van der Waals surface area contributed by atoms with E-state index in [1.54, 1.807) is 26.0 Å². The summed E-state index contributed by atoms with van der Waals surface area (Å²) in [6, 6.07) is 15.4. The van der Waals surface area contributed by atoms with Gasteiger partial charge in [-0.15, -0.1) is 0 Å². The maximum absolute atomic E-state index is 13.5. The summed E-state index contributed by atoms with van der Waals surface area (Å²) in [7, 11) is 4.92. The van der Waals surface area contributed by atoms with E-state index >= 15 is 0 Å². The molecule has 0 N–H and O–H groups in total. The quantitative estimate of drug-likeness (QED) is 0.606. The van der Waals surface area contributed by atoms with E-state index in [0.29, 0.717) is 30.3 Å². The van der Waals surface area contributed by atoms with Gasteiger partial charge in [-0.1, -0.05) is 24.3 Å². The average Bonchev–Trinajstić information content (AvgIpc) is 3.29. The molecule has 0 saturated carbocycles. The van der Waals surface area contributed by atoms with Crippen LogP contribution in [0.5, 0.6) is 11.5 Å². The number of hydrogen-bond acceptors (Lipinski definition) is 5. The van der Waals surface area contributed by atoms with Gasteiger partial charge in [0.25, 0.3) is 5.91 Å². The first kappa shape index (κ1) is 20.9. The first-order chi connectivity index (χ1) is 15.1. The standard InChI is InChI=1S/C24H27N3O4/c1-29-19-11-13-26(14-12-19)24(28)23-20(16-27(25-23)18-7-5-4-6-8-18)17-9-10-21(30-2)22(15-17)31-3/h4-10,15-16,19H,11-14H2,1-3H3. The highest BCUT2D eigenvalue weighted by molar-refractivity contribution is 5.99. The van der Waals surface area contributed by atoms with Crippen LogP contribution in [0.4, 0.5) is 0 Å². The van der Waals surface area contributed by atoms with Crippen LogP contribution >= 0.6 is 0 Å². The molecular weight excluding hydrogens is 394 g/mol. The number of carbonyl (C=O) groups excluding carboxylic acids is 1. The molecule has 0 unspecified atom stereocenters. The van der Waals surface area contributed by atoms with Crippen molar-refractivity contribution in [3.63, 3.8) is 0 Å². The van der Waals surface area contributed by atoms with Gasteiger partial charge in [0.1, 0.15) is 0 Å². The SMILES string of the molecule is COc1ccc(-c2cn(-c3ccccc3)nc2C(=O)N2CCC(OC)CC2)cc1OC. The molecule has 4 rings (SSSR count). The van der Waals surface area contributed by atoms with Crippen molar-refractivity contribution in [3.05, 3.63) is 60.4 Å². The summed E-state index contributed by atoms with van der Waals surface area (Å²) in [6.45, 7) is 1.31. The van der Waals surface area contributed by atoms with Gasteiger partial charge < -0.3 is 19.1 Å². The topological polar surface area (TPSA) is 65.8 Å². The minimum absolute atomic E-state index is 0.0750. The third kappa shape index (κ3) is 4.27. The van der Waals surface area contributed by atoms with Gasteiger partial charge in [0.2, 0.25) is 0 Å². The van der Waals surface area contributed by atoms with Gasteiger partial charge >= 0.3 is 0 Å². The number of para-hydroxylation sites is 1. The lowest BCUT2D eigenvalue weighted by molar-refractivity contribution is 0.0348. The number of carbonyl (C=O) groups is 1. The molecule has 0 radical (unpaired) electrons. The lowest BCUT2D eigenvalue weighted by atomic mass is 10.0. The zero-order chi connectivity index (χ0) is 21.8. The van der Waals surface area contributed by atoms with Crippen LogP contribution in [0.25, 0.3) is 16.8 Å². The Labute approximate surface area is 182 Å². The summed E-state index contributed by atoms with van der Waals surface area (Å²) in [5.41, 5.74) is 2.91. The Morgan fingerprint density at radius 2 is 1.68 bits per heavy atom. The van der Waals surface area contributed by atoms with Gasteiger partial charge in [0, 0.05) is 32.0 Å². The Kier molecular flexibility index (Phi) is 6.23. The summed E-state index contributed by atoms with van der Waals surface area (Å²) in [5, 5.41) is 4.69. The van der Waals surface area contributed by atoms with Crippen molar-refractivity contribution in [1.82, 2.24) is 14.7 Å².